The summed E-state index contributed by atoms with van der Waals surface area (Å²) in [5.41, 5.74) is 27.1. The molecule has 0 atom stereocenters. The van der Waals surface area contributed by atoms with Gasteiger partial charge in [0, 0.05) is 42.5 Å². The van der Waals surface area contributed by atoms with Crippen LogP contribution in [0.15, 0.2) is 93.9 Å². The van der Waals surface area contributed by atoms with E-state index in [4.69, 9.17) is 0 Å². The third-order valence-electron chi connectivity index (χ3n) is 21.3. The molecule has 2 saturated carbocycles. The summed E-state index contributed by atoms with van der Waals surface area (Å²) >= 11 is 7.96. The van der Waals surface area contributed by atoms with E-state index in [1.807, 2.05) is 0 Å². The van der Waals surface area contributed by atoms with Crippen LogP contribution in [0.4, 0.5) is 34.1 Å². The monoisotopic (exact) mass is 1280 g/mol. The van der Waals surface area contributed by atoms with Crippen molar-refractivity contribution in [1.29, 1.82) is 0 Å². The number of benzene rings is 6. The molecule has 3 aliphatic rings. The van der Waals surface area contributed by atoms with Crippen LogP contribution in [-0.2, 0) is 10.8 Å². The molecule has 0 saturated heterocycles. The maximum absolute atomic E-state index is 3.98. The molecule has 3 aliphatic carbocycles. The van der Waals surface area contributed by atoms with E-state index in [1.54, 1.807) is 11.1 Å². The predicted molar refractivity (Wildman–Crippen MR) is 384 cm³/mol. The minimum absolute atomic E-state index is 0.0352. The summed E-state index contributed by atoms with van der Waals surface area (Å²) < 4.78 is 2.41. The molecule has 0 amide bonds. The van der Waals surface area contributed by atoms with E-state index in [2.05, 4.69) is 210 Å². The van der Waals surface area contributed by atoms with E-state index in [0.29, 0.717) is 11.8 Å². The van der Waals surface area contributed by atoms with Gasteiger partial charge in [-0.2, -0.15) is 0 Å². The van der Waals surface area contributed by atoms with Crippen LogP contribution in [0.25, 0.3) is 11.1 Å². The van der Waals surface area contributed by atoms with Crippen LogP contribution < -0.4 is 9.80 Å². The SMILES string of the molecule is CCCCCCCCCCCCCCC1CC23CC(CCCCCCCCCCCCCC)CC2(C1)c1cc(N(c2cc(C)c(Br)c(C)c2)c2c(C)cc(C)cc2C)ccc1-c1ccc(N(c2cc(C)c(Br)c(C)c2)c2c(C)cc(C)cc2C)cc13. The zero-order chi connectivity index (χ0) is 61.1. The van der Waals surface area contributed by atoms with Gasteiger partial charge in [-0.3, -0.25) is 0 Å². The quantitative estimate of drug-likeness (QED) is 0.0389. The average molecular weight is 1290 g/mol. The molecule has 0 radical (unpaired) electrons. The fourth-order valence-corrected chi connectivity index (χ4v) is 18.0. The number of aryl methyl sites for hydroxylation is 10. The van der Waals surface area contributed by atoms with Crippen molar-refractivity contribution in [3.63, 3.8) is 0 Å². The molecule has 86 heavy (non-hydrogen) atoms. The molecule has 0 aliphatic heterocycles. The van der Waals surface area contributed by atoms with E-state index in [9.17, 15) is 0 Å². The Labute approximate surface area is 542 Å². The van der Waals surface area contributed by atoms with E-state index in [1.165, 1.54) is 302 Å². The number of nitrogens with zero attached hydrogens (tertiary/aromatic N) is 2. The standard InChI is InChI=1S/C82H112Br2N2/c1-13-15-17-19-21-23-25-27-29-31-33-35-37-67-53-81-55-68(38-36-34-32-30-28-26-24-22-20-18-16-14-2)56-82(81,54-67)76-52-70(86(72-49-61(7)78(84)62(8)50-72)80-65(11)45-58(4)46-66(80)12)40-42-74(76)73-41-39-69(51-75(73)81)85(71-47-59(5)77(83)60(6)48-71)79-63(9)43-57(3)44-64(79)10/h39-52,67-68H,13-38,53-56H2,1-12H3. The Balaban J connectivity index is 1.14. The van der Waals surface area contributed by atoms with Crippen molar-refractivity contribution in [3.8, 4) is 11.1 Å². The summed E-state index contributed by atoms with van der Waals surface area (Å²) in [4.78, 5) is 5.30. The summed E-state index contributed by atoms with van der Waals surface area (Å²) in [5, 5.41) is 0. The van der Waals surface area contributed by atoms with Crippen LogP contribution in [0.2, 0.25) is 0 Å². The van der Waals surface area contributed by atoms with Gasteiger partial charge in [-0.15, -0.1) is 0 Å². The zero-order valence-corrected chi connectivity index (χ0v) is 59.3. The predicted octanol–water partition coefficient (Wildman–Crippen LogP) is 27.4. The lowest BCUT2D eigenvalue weighted by Crippen LogP contribution is -2.43. The normalized spacial score (nSPS) is 18.5. The molecule has 6 aromatic carbocycles. The highest BCUT2D eigenvalue weighted by Gasteiger charge is 2.66. The van der Waals surface area contributed by atoms with E-state index in [-0.39, 0.29) is 10.8 Å². The number of unbranched alkanes of at least 4 members (excludes halogenated alkanes) is 22. The van der Waals surface area contributed by atoms with Crippen LogP contribution in [0.5, 0.6) is 0 Å². The molecule has 0 aromatic heterocycles. The van der Waals surface area contributed by atoms with Crippen molar-refractivity contribution in [1.82, 2.24) is 0 Å². The van der Waals surface area contributed by atoms with Crippen molar-refractivity contribution >= 4 is 66.0 Å². The fraction of sp³-hybridized carbons (Fsp3) is 0.561. The zero-order valence-electron chi connectivity index (χ0n) is 56.1. The summed E-state index contributed by atoms with van der Waals surface area (Å²) in [5.74, 6) is 1.39. The van der Waals surface area contributed by atoms with Crippen molar-refractivity contribution in [2.45, 2.75) is 287 Å². The fourth-order valence-electron chi connectivity index (χ4n) is 17.5. The minimum atomic E-state index is 0.0352. The topological polar surface area (TPSA) is 6.48 Å². The number of hydrogen-bond acceptors (Lipinski definition) is 2. The second-order valence-electron chi connectivity index (χ2n) is 28.5. The Bertz CT molecular complexity index is 2910. The average Bonchev–Trinajstić information content (AvgIpc) is 1.48. The maximum atomic E-state index is 3.98. The van der Waals surface area contributed by atoms with E-state index < -0.39 is 0 Å². The molecule has 4 heteroatoms. The van der Waals surface area contributed by atoms with Gasteiger partial charge < -0.3 is 9.80 Å². The first-order valence-electron chi connectivity index (χ1n) is 35.1. The minimum Gasteiger partial charge on any atom is -0.310 e. The number of halogens is 2. The highest BCUT2D eigenvalue weighted by atomic mass is 79.9. The first-order chi connectivity index (χ1) is 41.5. The Hall–Kier alpha value is -4.12. The second kappa shape index (κ2) is 30.6. The summed E-state index contributed by atoms with van der Waals surface area (Å²) in [6.45, 7) is 27.6. The van der Waals surface area contributed by atoms with Gasteiger partial charge >= 0.3 is 0 Å². The molecule has 0 bridgehead atoms. The number of rotatable bonds is 32. The maximum Gasteiger partial charge on any atom is 0.0520 e. The van der Waals surface area contributed by atoms with Gasteiger partial charge in [0.1, 0.15) is 0 Å². The smallest absolute Gasteiger partial charge is 0.0520 e. The van der Waals surface area contributed by atoms with E-state index >= 15 is 0 Å². The molecule has 0 unspecified atom stereocenters. The molecule has 0 spiro atoms. The Morgan fingerprint density at radius 1 is 0.326 bits per heavy atom. The van der Waals surface area contributed by atoms with Crippen LogP contribution in [0.3, 0.4) is 0 Å². The Kier molecular flexibility index (Phi) is 23.6. The lowest BCUT2D eigenvalue weighted by Gasteiger charge is -2.48. The van der Waals surface area contributed by atoms with Gasteiger partial charge in [-0.05, 0) is 222 Å². The molecule has 6 aromatic rings. The highest BCUT2D eigenvalue weighted by Crippen LogP contribution is 2.73. The van der Waals surface area contributed by atoms with Crippen LogP contribution >= 0.6 is 31.9 Å². The molecule has 2 fully saturated rings. The molecule has 9 rings (SSSR count). The van der Waals surface area contributed by atoms with Crippen molar-refractivity contribution < 1.29 is 0 Å². The van der Waals surface area contributed by atoms with Gasteiger partial charge in [0.25, 0.3) is 0 Å². The lowest BCUT2D eigenvalue weighted by molar-refractivity contribution is 0.299. The van der Waals surface area contributed by atoms with Crippen molar-refractivity contribution in [3.05, 3.63) is 161 Å². The third kappa shape index (κ3) is 14.9. The van der Waals surface area contributed by atoms with Crippen LogP contribution in [-0.4, -0.2) is 0 Å². The second-order valence-corrected chi connectivity index (χ2v) is 30.1. The third-order valence-corrected chi connectivity index (χ3v) is 23.8. The Morgan fingerprint density at radius 3 is 0.872 bits per heavy atom. The number of fused-ring (bicyclic) bond motifs is 3. The molecular formula is C82H112Br2N2. The van der Waals surface area contributed by atoms with Gasteiger partial charge in [0.05, 0.1) is 11.4 Å². The van der Waals surface area contributed by atoms with Gasteiger partial charge in [0.2, 0.25) is 0 Å². The number of hydrogen-bond donors (Lipinski definition) is 0. The molecular weight excluding hydrogens is 1170 g/mol. The highest BCUT2D eigenvalue weighted by molar-refractivity contribution is 9.11. The van der Waals surface area contributed by atoms with Crippen LogP contribution in [0.1, 0.15) is 273 Å². The first kappa shape index (κ1) is 66.3. The van der Waals surface area contributed by atoms with Crippen molar-refractivity contribution in [2.24, 2.45) is 11.8 Å². The van der Waals surface area contributed by atoms with Crippen molar-refractivity contribution in [2.75, 3.05) is 9.80 Å². The van der Waals surface area contributed by atoms with E-state index in [0.717, 1.165) is 0 Å². The van der Waals surface area contributed by atoms with Crippen LogP contribution in [0, 0.1) is 81.1 Å². The van der Waals surface area contributed by atoms with Gasteiger partial charge in [-0.1, -0.05) is 260 Å². The summed E-state index contributed by atoms with van der Waals surface area (Å²) in [7, 11) is 0. The molecule has 0 N–H and O–H groups in total. The summed E-state index contributed by atoms with van der Waals surface area (Å²) in [6.07, 6.45) is 41.5. The summed E-state index contributed by atoms with van der Waals surface area (Å²) in [6, 6.07) is 35.0. The molecule has 464 valence electrons. The molecule has 0 heterocycles. The van der Waals surface area contributed by atoms with Gasteiger partial charge in [-0.25, -0.2) is 0 Å². The Morgan fingerprint density at radius 2 is 0.593 bits per heavy atom. The first-order valence-corrected chi connectivity index (χ1v) is 36.7. The molecule has 2 nitrogen and oxygen atoms in total. The van der Waals surface area contributed by atoms with Gasteiger partial charge in [0.15, 0.2) is 0 Å². The number of anilines is 6. The lowest BCUT2D eigenvalue weighted by atomic mass is 9.55. The largest absolute Gasteiger partial charge is 0.310 e.